The molecular formula is C24H29NO4. The van der Waals surface area contributed by atoms with Gasteiger partial charge in [-0.25, -0.2) is 4.79 Å². The van der Waals surface area contributed by atoms with Crippen LogP contribution in [0.1, 0.15) is 49.7 Å². The Morgan fingerprint density at radius 1 is 0.897 bits per heavy atom. The van der Waals surface area contributed by atoms with Crippen molar-refractivity contribution < 1.29 is 19.4 Å². The highest BCUT2D eigenvalue weighted by molar-refractivity contribution is 5.63. The Bertz CT molecular complexity index is 750. The molecule has 2 aromatic rings. The average Bonchev–Trinajstić information content (AvgIpc) is 3.30. The third-order valence-corrected chi connectivity index (χ3v) is 6.12. The second-order valence-corrected chi connectivity index (χ2v) is 7.98. The van der Waals surface area contributed by atoms with Crippen molar-refractivity contribution in [1.29, 1.82) is 0 Å². The number of ether oxygens (including phenoxy) is 2. The van der Waals surface area contributed by atoms with E-state index in [1.54, 1.807) is 0 Å². The molecule has 5 heteroatoms. The first-order chi connectivity index (χ1) is 14.2. The number of hydrogen-bond acceptors (Lipinski definition) is 5. The second-order valence-electron chi connectivity index (χ2n) is 7.98. The first-order valence-electron chi connectivity index (χ1n) is 10.6. The summed E-state index contributed by atoms with van der Waals surface area (Å²) >= 11 is 0. The van der Waals surface area contributed by atoms with Gasteiger partial charge >= 0.3 is 6.16 Å². The normalized spacial score (nSPS) is 24.8. The van der Waals surface area contributed by atoms with Crippen LogP contribution in [0.3, 0.4) is 0 Å². The summed E-state index contributed by atoms with van der Waals surface area (Å²) in [5.74, 6) is 0. The summed E-state index contributed by atoms with van der Waals surface area (Å²) in [4.78, 5) is 13.0. The summed E-state index contributed by atoms with van der Waals surface area (Å²) in [6.45, 7) is 0.881. The molecule has 154 valence electrons. The van der Waals surface area contributed by atoms with Crippen LogP contribution in [0.5, 0.6) is 0 Å². The minimum absolute atomic E-state index is 0.0591. The lowest BCUT2D eigenvalue weighted by molar-refractivity contribution is -0.0827. The molecule has 1 aliphatic heterocycles. The molecule has 1 heterocycles. The van der Waals surface area contributed by atoms with Gasteiger partial charge in [-0.3, -0.25) is 0 Å². The van der Waals surface area contributed by atoms with Gasteiger partial charge in [-0.2, -0.15) is 0 Å². The summed E-state index contributed by atoms with van der Waals surface area (Å²) < 4.78 is 11.8. The maximum atomic E-state index is 13.0. The Labute approximate surface area is 172 Å². The van der Waals surface area contributed by atoms with Gasteiger partial charge in [0, 0.05) is 11.1 Å². The topological polar surface area (TPSA) is 67.8 Å². The van der Waals surface area contributed by atoms with Crippen LogP contribution in [-0.2, 0) is 15.1 Å². The van der Waals surface area contributed by atoms with Gasteiger partial charge in [0.25, 0.3) is 0 Å². The van der Waals surface area contributed by atoms with E-state index >= 15 is 0 Å². The third-order valence-electron chi connectivity index (χ3n) is 6.12. The van der Waals surface area contributed by atoms with Crippen molar-refractivity contribution in [2.24, 2.45) is 0 Å². The van der Waals surface area contributed by atoms with Crippen molar-refractivity contribution in [2.75, 3.05) is 6.54 Å². The summed E-state index contributed by atoms with van der Waals surface area (Å²) in [5.41, 5.74) is 0.828. The molecule has 2 N–H and O–H groups in total. The summed E-state index contributed by atoms with van der Waals surface area (Å²) in [7, 11) is 0. The molecule has 0 spiro atoms. The smallest absolute Gasteiger partial charge is 0.428 e. The van der Waals surface area contributed by atoms with E-state index in [1.807, 2.05) is 60.7 Å². The van der Waals surface area contributed by atoms with Crippen LogP contribution in [0.2, 0.25) is 0 Å². The molecule has 2 aromatic carbocycles. The van der Waals surface area contributed by atoms with Gasteiger partial charge in [-0.15, -0.1) is 0 Å². The van der Waals surface area contributed by atoms with Crippen LogP contribution in [-0.4, -0.2) is 36.1 Å². The van der Waals surface area contributed by atoms with Crippen LogP contribution in [0.15, 0.2) is 60.7 Å². The van der Waals surface area contributed by atoms with Crippen molar-refractivity contribution in [3.63, 3.8) is 0 Å². The van der Waals surface area contributed by atoms with Crippen LogP contribution in [0.25, 0.3) is 0 Å². The van der Waals surface area contributed by atoms with E-state index in [2.05, 4.69) is 5.32 Å². The number of carbonyl (C=O) groups is 1. The highest BCUT2D eigenvalue weighted by Crippen LogP contribution is 2.41. The number of aliphatic hydroxyl groups excluding tert-OH is 1. The van der Waals surface area contributed by atoms with Gasteiger partial charge in [0.15, 0.2) is 5.60 Å². The van der Waals surface area contributed by atoms with E-state index in [0.717, 1.165) is 43.4 Å². The second kappa shape index (κ2) is 8.97. The van der Waals surface area contributed by atoms with E-state index in [1.165, 1.54) is 0 Å². The fourth-order valence-electron chi connectivity index (χ4n) is 4.65. The Balaban J connectivity index is 1.70. The molecule has 0 radical (unpaired) electrons. The van der Waals surface area contributed by atoms with Gasteiger partial charge in [0.05, 0.1) is 12.1 Å². The van der Waals surface area contributed by atoms with Crippen LogP contribution in [0.4, 0.5) is 4.79 Å². The van der Waals surface area contributed by atoms with Gasteiger partial charge in [-0.05, 0) is 38.6 Å². The zero-order chi connectivity index (χ0) is 20.1. The molecule has 1 saturated heterocycles. The molecule has 0 aromatic heterocycles. The van der Waals surface area contributed by atoms with Crippen LogP contribution < -0.4 is 5.32 Å². The highest BCUT2D eigenvalue weighted by Gasteiger charge is 2.48. The zero-order valence-electron chi connectivity index (χ0n) is 16.6. The molecule has 3 atom stereocenters. The molecule has 0 unspecified atom stereocenters. The van der Waals surface area contributed by atoms with E-state index in [0.29, 0.717) is 12.8 Å². The molecule has 5 nitrogen and oxygen atoms in total. The van der Waals surface area contributed by atoms with Crippen molar-refractivity contribution in [3.05, 3.63) is 71.8 Å². The molecule has 2 fully saturated rings. The molecule has 2 aliphatic rings. The zero-order valence-corrected chi connectivity index (χ0v) is 16.6. The van der Waals surface area contributed by atoms with Gasteiger partial charge < -0.3 is 19.9 Å². The quantitative estimate of drug-likeness (QED) is 0.745. The molecule has 1 saturated carbocycles. The van der Waals surface area contributed by atoms with E-state index in [4.69, 9.17) is 9.47 Å². The monoisotopic (exact) mass is 395 g/mol. The van der Waals surface area contributed by atoms with Crippen molar-refractivity contribution in [1.82, 2.24) is 5.32 Å². The lowest BCUT2D eigenvalue weighted by Gasteiger charge is -2.39. The summed E-state index contributed by atoms with van der Waals surface area (Å²) in [5, 5.41) is 13.7. The first kappa shape index (κ1) is 19.9. The van der Waals surface area contributed by atoms with Gasteiger partial charge in [-0.1, -0.05) is 67.1 Å². The molecule has 0 amide bonds. The Morgan fingerprint density at radius 2 is 1.52 bits per heavy atom. The number of carbonyl (C=O) groups excluding carboxylic acids is 1. The van der Waals surface area contributed by atoms with Crippen LogP contribution >= 0.6 is 0 Å². The Hall–Kier alpha value is -2.37. The minimum atomic E-state index is -0.990. The number of aliphatic hydroxyl groups is 1. The van der Waals surface area contributed by atoms with E-state index < -0.39 is 24.0 Å². The molecule has 1 aliphatic carbocycles. The van der Waals surface area contributed by atoms with Crippen molar-refractivity contribution in [2.45, 2.75) is 62.4 Å². The number of rotatable bonds is 5. The number of nitrogens with one attached hydrogen (secondary N) is 1. The van der Waals surface area contributed by atoms with Crippen molar-refractivity contribution >= 4 is 6.16 Å². The predicted molar refractivity (Wildman–Crippen MR) is 111 cm³/mol. The van der Waals surface area contributed by atoms with Gasteiger partial charge in [0.2, 0.25) is 0 Å². The lowest BCUT2D eigenvalue weighted by Crippen LogP contribution is -2.50. The summed E-state index contributed by atoms with van der Waals surface area (Å²) in [6.07, 6.45) is 3.29. The van der Waals surface area contributed by atoms with Crippen molar-refractivity contribution in [3.8, 4) is 0 Å². The summed E-state index contributed by atoms with van der Waals surface area (Å²) in [6, 6.07) is 19.7. The predicted octanol–water partition coefficient (Wildman–Crippen LogP) is 4.14. The molecule has 29 heavy (non-hydrogen) atoms. The van der Waals surface area contributed by atoms with Crippen LogP contribution in [0, 0.1) is 0 Å². The lowest BCUT2D eigenvalue weighted by atomic mass is 9.79. The standard InChI is InChI=1S/C24H29NO4/c26-20-14-7-8-15-21(20)28-23(27)29-24(22-16-9-17-25-22,18-10-3-1-4-11-18)19-12-5-2-6-13-19/h1-6,10-13,20-22,25-26H,7-9,14-17H2/t20-,21-,22+/m1/s1. The molecule has 0 bridgehead atoms. The average molecular weight is 395 g/mol. The minimum Gasteiger partial charge on any atom is -0.428 e. The number of hydrogen-bond donors (Lipinski definition) is 2. The third kappa shape index (κ3) is 4.16. The SMILES string of the molecule is O=C(O[C@@H]1CCCC[C@H]1O)OC(c1ccccc1)(c1ccccc1)[C@@H]1CCCN1. The Kier molecular flexibility index (Phi) is 6.16. The fourth-order valence-corrected chi connectivity index (χ4v) is 4.65. The highest BCUT2D eigenvalue weighted by atomic mass is 16.7. The van der Waals surface area contributed by atoms with Gasteiger partial charge in [0.1, 0.15) is 6.10 Å². The Morgan fingerprint density at radius 3 is 2.07 bits per heavy atom. The molecular weight excluding hydrogens is 366 g/mol. The maximum absolute atomic E-state index is 13.0. The fraction of sp³-hybridized carbons (Fsp3) is 0.458. The van der Waals surface area contributed by atoms with E-state index in [9.17, 15) is 9.90 Å². The largest absolute Gasteiger partial charge is 0.509 e. The maximum Gasteiger partial charge on any atom is 0.509 e. The first-order valence-corrected chi connectivity index (χ1v) is 10.6. The number of benzene rings is 2. The van der Waals surface area contributed by atoms with E-state index in [-0.39, 0.29) is 6.04 Å². The molecule has 4 rings (SSSR count).